The molecular weight excluding hydrogens is 258 g/mol. The number of hydrogen-bond donors (Lipinski definition) is 1. The van der Waals surface area contributed by atoms with Gasteiger partial charge in [-0.05, 0) is 48.7 Å². The molecule has 2 rings (SSSR count). The molecule has 0 fully saturated rings. The first kappa shape index (κ1) is 15.6. The minimum absolute atomic E-state index is 0.187. The smallest absolute Gasteiger partial charge is 0.119 e. The molecule has 0 heterocycles. The van der Waals surface area contributed by atoms with Crippen molar-refractivity contribution in [2.75, 3.05) is 13.7 Å². The normalized spacial score (nSPS) is 12.4. The van der Waals surface area contributed by atoms with E-state index in [9.17, 15) is 0 Å². The van der Waals surface area contributed by atoms with Gasteiger partial charge in [0.2, 0.25) is 0 Å². The van der Waals surface area contributed by atoms with E-state index in [1.807, 2.05) is 26.1 Å². The first-order chi connectivity index (χ1) is 10.2. The van der Waals surface area contributed by atoms with Crippen LogP contribution in [0.2, 0.25) is 0 Å². The lowest BCUT2D eigenvalue weighted by molar-refractivity contribution is 0.339. The number of benzene rings is 2. The molecule has 1 N–H and O–H groups in total. The van der Waals surface area contributed by atoms with Crippen molar-refractivity contribution >= 4 is 0 Å². The van der Waals surface area contributed by atoms with Gasteiger partial charge in [0.15, 0.2) is 0 Å². The van der Waals surface area contributed by atoms with Crippen molar-refractivity contribution in [1.29, 1.82) is 0 Å². The van der Waals surface area contributed by atoms with Gasteiger partial charge >= 0.3 is 0 Å². The molecule has 1 atom stereocenters. The predicted octanol–water partition coefficient (Wildman–Crippen LogP) is 4.52. The Balaban J connectivity index is 2.28. The first-order valence-corrected chi connectivity index (χ1v) is 7.65. The Kier molecular flexibility index (Phi) is 5.40. The van der Waals surface area contributed by atoms with E-state index in [2.05, 4.69) is 55.6 Å². The molecule has 0 spiro atoms. The molecule has 2 heteroatoms. The molecule has 112 valence electrons. The van der Waals surface area contributed by atoms with Crippen LogP contribution < -0.4 is 10.1 Å². The summed E-state index contributed by atoms with van der Waals surface area (Å²) in [6.07, 6.45) is 0. The molecule has 2 aromatic rings. The third-order valence-corrected chi connectivity index (χ3v) is 3.73. The van der Waals surface area contributed by atoms with E-state index >= 15 is 0 Å². The van der Waals surface area contributed by atoms with Crippen molar-refractivity contribution in [2.45, 2.75) is 32.7 Å². The van der Waals surface area contributed by atoms with Crippen LogP contribution in [0, 0.1) is 0 Å². The van der Waals surface area contributed by atoms with E-state index in [4.69, 9.17) is 4.74 Å². The third kappa shape index (κ3) is 3.85. The summed E-state index contributed by atoms with van der Waals surface area (Å²) in [5.74, 6) is 1.49. The van der Waals surface area contributed by atoms with Crippen LogP contribution in [-0.2, 0) is 0 Å². The van der Waals surface area contributed by atoms with Gasteiger partial charge in [-0.3, -0.25) is 0 Å². The monoisotopic (exact) mass is 283 g/mol. The second-order valence-corrected chi connectivity index (χ2v) is 5.55. The fourth-order valence-corrected chi connectivity index (χ4v) is 2.55. The van der Waals surface area contributed by atoms with Crippen molar-refractivity contribution in [3.63, 3.8) is 0 Å². The molecule has 0 saturated carbocycles. The quantitative estimate of drug-likeness (QED) is 0.841. The maximum absolute atomic E-state index is 5.60. The predicted molar refractivity (Wildman–Crippen MR) is 89.0 cm³/mol. The standard InChI is InChI=1S/C19H25NO/c1-5-21-18-8-6-7-17(13-18)19(20-4)16-11-9-15(10-12-16)14(2)3/h6-14,19-20H,5H2,1-4H3. The zero-order valence-electron chi connectivity index (χ0n) is 13.4. The van der Waals surface area contributed by atoms with Crippen LogP contribution in [0.25, 0.3) is 0 Å². The molecule has 0 amide bonds. The largest absolute Gasteiger partial charge is 0.494 e. The second kappa shape index (κ2) is 7.28. The van der Waals surface area contributed by atoms with E-state index in [0.29, 0.717) is 12.5 Å². The van der Waals surface area contributed by atoms with E-state index < -0.39 is 0 Å². The molecule has 1 unspecified atom stereocenters. The van der Waals surface area contributed by atoms with Crippen molar-refractivity contribution in [2.24, 2.45) is 0 Å². The van der Waals surface area contributed by atoms with Crippen molar-refractivity contribution < 1.29 is 4.74 Å². The van der Waals surface area contributed by atoms with Gasteiger partial charge in [0.25, 0.3) is 0 Å². The Hall–Kier alpha value is -1.80. The van der Waals surface area contributed by atoms with Crippen molar-refractivity contribution in [3.05, 3.63) is 65.2 Å². The molecule has 0 bridgehead atoms. The fraction of sp³-hybridized carbons (Fsp3) is 0.368. The topological polar surface area (TPSA) is 21.3 Å². The van der Waals surface area contributed by atoms with Crippen molar-refractivity contribution in [3.8, 4) is 5.75 Å². The van der Waals surface area contributed by atoms with Gasteiger partial charge in [-0.25, -0.2) is 0 Å². The highest BCUT2D eigenvalue weighted by Gasteiger charge is 2.13. The minimum Gasteiger partial charge on any atom is -0.494 e. The summed E-state index contributed by atoms with van der Waals surface area (Å²) in [4.78, 5) is 0. The first-order valence-electron chi connectivity index (χ1n) is 7.65. The molecule has 0 aliphatic rings. The maximum atomic E-state index is 5.60. The Labute approximate surface area is 128 Å². The lowest BCUT2D eigenvalue weighted by atomic mass is 9.95. The number of ether oxygens (including phenoxy) is 1. The molecule has 0 aliphatic heterocycles. The molecule has 0 radical (unpaired) electrons. The summed E-state index contributed by atoms with van der Waals surface area (Å²) in [5.41, 5.74) is 3.87. The zero-order valence-corrected chi connectivity index (χ0v) is 13.4. The molecule has 0 aromatic heterocycles. The summed E-state index contributed by atoms with van der Waals surface area (Å²) in [7, 11) is 1.99. The number of rotatable bonds is 6. The fourth-order valence-electron chi connectivity index (χ4n) is 2.55. The molecule has 2 aromatic carbocycles. The Bertz CT molecular complexity index is 560. The van der Waals surface area contributed by atoms with Gasteiger partial charge in [-0.1, -0.05) is 50.2 Å². The molecule has 21 heavy (non-hydrogen) atoms. The van der Waals surface area contributed by atoms with Gasteiger partial charge < -0.3 is 10.1 Å². The van der Waals surface area contributed by atoms with Crippen LogP contribution in [0.3, 0.4) is 0 Å². The highest BCUT2D eigenvalue weighted by molar-refractivity contribution is 5.38. The van der Waals surface area contributed by atoms with Gasteiger partial charge in [0, 0.05) is 0 Å². The molecule has 2 nitrogen and oxygen atoms in total. The maximum Gasteiger partial charge on any atom is 0.119 e. The van der Waals surface area contributed by atoms with Gasteiger partial charge in [0.1, 0.15) is 5.75 Å². The summed E-state index contributed by atoms with van der Waals surface area (Å²) < 4.78 is 5.60. The van der Waals surface area contributed by atoms with Crippen molar-refractivity contribution in [1.82, 2.24) is 5.32 Å². The second-order valence-electron chi connectivity index (χ2n) is 5.55. The van der Waals surface area contributed by atoms with E-state index in [1.165, 1.54) is 16.7 Å². The summed E-state index contributed by atoms with van der Waals surface area (Å²) in [6, 6.07) is 17.4. The van der Waals surface area contributed by atoms with E-state index in [1.54, 1.807) is 0 Å². The highest BCUT2D eigenvalue weighted by atomic mass is 16.5. The van der Waals surface area contributed by atoms with Crippen LogP contribution >= 0.6 is 0 Å². The number of nitrogens with one attached hydrogen (secondary N) is 1. The highest BCUT2D eigenvalue weighted by Crippen LogP contribution is 2.26. The van der Waals surface area contributed by atoms with Gasteiger partial charge in [-0.2, -0.15) is 0 Å². The molecule has 0 saturated heterocycles. The Morgan fingerprint density at radius 1 is 0.952 bits per heavy atom. The Morgan fingerprint density at radius 2 is 1.62 bits per heavy atom. The van der Waals surface area contributed by atoms with Crippen LogP contribution in [0.1, 0.15) is 49.4 Å². The van der Waals surface area contributed by atoms with Crippen LogP contribution in [0.4, 0.5) is 0 Å². The Morgan fingerprint density at radius 3 is 2.19 bits per heavy atom. The van der Waals surface area contributed by atoms with Crippen LogP contribution in [-0.4, -0.2) is 13.7 Å². The van der Waals surface area contributed by atoms with Gasteiger partial charge in [0.05, 0.1) is 12.6 Å². The van der Waals surface area contributed by atoms with E-state index in [-0.39, 0.29) is 6.04 Å². The third-order valence-electron chi connectivity index (χ3n) is 3.73. The van der Waals surface area contributed by atoms with Gasteiger partial charge in [-0.15, -0.1) is 0 Å². The molecular formula is C19H25NO. The van der Waals surface area contributed by atoms with E-state index in [0.717, 1.165) is 5.75 Å². The zero-order chi connectivity index (χ0) is 15.2. The minimum atomic E-state index is 0.187. The van der Waals surface area contributed by atoms with Crippen LogP contribution in [0.15, 0.2) is 48.5 Å². The lowest BCUT2D eigenvalue weighted by Gasteiger charge is -2.19. The number of hydrogen-bond acceptors (Lipinski definition) is 2. The summed E-state index contributed by atoms with van der Waals surface area (Å²) in [6.45, 7) is 7.13. The summed E-state index contributed by atoms with van der Waals surface area (Å²) >= 11 is 0. The molecule has 0 aliphatic carbocycles. The average Bonchev–Trinajstić information content (AvgIpc) is 2.49. The lowest BCUT2D eigenvalue weighted by Crippen LogP contribution is -2.17. The SMILES string of the molecule is CCOc1cccc(C(NC)c2ccc(C(C)C)cc2)c1. The average molecular weight is 283 g/mol. The summed E-state index contributed by atoms with van der Waals surface area (Å²) in [5, 5.41) is 3.40. The van der Waals surface area contributed by atoms with Crippen LogP contribution in [0.5, 0.6) is 5.75 Å².